The highest BCUT2D eigenvalue weighted by molar-refractivity contribution is 5.79. The van der Waals surface area contributed by atoms with Crippen LogP contribution in [0.15, 0.2) is 52.1 Å². The fourth-order valence-electron chi connectivity index (χ4n) is 2.16. The number of primary amides is 1. The standard InChI is InChI=1S/C18H24N4O3/c1-2-20-18(21-9-8-15-7-4-10-24-15)22-12-14-5-3-6-16(11-14)25-13-17(19)23/h3-7,10-11H,2,8-9,12-13H2,1H3,(H2,19,23)(H2,20,21,22). The average molecular weight is 344 g/mol. The Bertz CT molecular complexity index is 683. The molecule has 0 aliphatic heterocycles. The van der Waals surface area contributed by atoms with Crippen LogP contribution in [0.4, 0.5) is 0 Å². The lowest BCUT2D eigenvalue weighted by molar-refractivity contribution is -0.119. The second-order valence-electron chi connectivity index (χ2n) is 5.35. The van der Waals surface area contributed by atoms with Gasteiger partial charge in [0.25, 0.3) is 5.91 Å². The second-order valence-corrected chi connectivity index (χ2v) is 5.35. The highest BCUT2D eigenvalue weighted by atomic mass is 16.5. The molecule has 4 N–H and O–H groups in total. The summed E-state index contributed by atoms with van der Waals surface area (Å²) in [5.74, 6) is 1.76. The van der Waals surface area contributed by atoms with Gasteiger partial charge in [-0.05, 0) is 36.8 Å². The van der Waals surface area contributed by atoms with Gasteiger partial charge in [0, 0.05) is 19.5 Å². The summed E-state index contributed by atoms with van der Waals surface area (Å²) in [6, 6.07) is 11.3. The van der Waals surface area contributed by atoms with E-state index in [1.54, 1.807) is 12.3 Å². The van der Waals surface area contributed by atoms with Crippen LogP contribution in [0, 0.1) is 0 Å². The lowest BCUT2D eigenvalue weighted by atomic mass is 10.2. The number of guanidine groups is 1. The van der Waals surface area contributed by atoms with Crippen LogP contribution < -0.4 is 21.1 Å². The smallest absolute Gasteiger partial charge is 0.255 e. The molecule has 1 aromatic carbocycles. The number of rotatable bonds is 9. The van der Waals surface area contributed by atoms with Gasteiger partial charge in [-0.3, -0.25) is 4.79 Å². The predicted octanol–water partition coefficient (Wildman–Crippen LogP) is 1.44. The Morgan fingerprint density at radius 2 is 2.16 bits per heavy atom. The molecular formula is C18H24N4O3. The SMILES string of the molecule is CCNC(=NCc1cccc(OCC(N)=O)c1)NCCc1ccco1. The number of ether oxygens (including phenoxy) is 1. The van der Waals surface area contributed by atoms with E-state index in [4.69, 9.17) is 14.9 Å². The maximum absolute atomic E-state index is 10.8. The zero-order valence-corrected chi connectivity index (χ0v) is 14.3. The topological polar surface area (TPSA) is 102 Å². The highest BCUT2D eigenvalue weighted by Crippen LogP contribution is 2.14. The Morgan fingerprint density at radius 3 is 2.88 bits per heavy atom. The van der Waals surface area contributed by atoms with E-state index < -0.39 is 5.91 Å². The maximum atomic E-state index is 10.8. The first-order valence-corrected chi connectivity index (χ1v) is 8.22. The minimum atomic E-state index is -0.501. The molecule has 0 atom stereocenters. The molecule has 0 spiro atoms. The van der Waals surface area contributed by atoms with Gasteiger partial charge >= 0.3 is 0 Å². The van der Waals surface area contributed by atoms with E-state index >= 15 is 0 Å². The Hall–Kier alpha value is -2.96. The molecule has 0 fully saturated rings. The van der Waals surface area contributed by atoms with Crippen molar-refractivity contribution in [2.24, 2.45) is 10.7 Å². The molecule has 0 bridgehead atoms. The Labute approximate surface area is 147 Å². The van der Waals surface area contributed by atoms with Gasteiger partial charge in [-0.2, -0.15) is 0 Å². The van der Waals surface area contributed by atoms with Crippen molar-refractivity contribution in [1.82, 2.24) is 10.6 Å². The van der Waals surface area contributed by atoms with E-state index in [0.29, 0.717) is 12.3 Å². The summed E-state index contributed by atoms with van der Waals surface area (Å²) in [6.45, 7) is 3.87. The Morgan fingerprint density at radius 1 is 1.28 bits per heavy atom. The van der Waals surface area contributed by atoms with Crippen LogP contribution in [0.25, 0.3) is 0 Å². The zero-order chi connectivity index (χ0) is 17.9. The fraction of sp³-hybridized carbons (Fsp3) is 0.333. The quantitative estimate of drug-likeness (QED) is 0.472. The molecule has 7 heteroatoms. The number of furan rings is 1. The zero-order valence-electron chi connectivity index (χ0n) is 14.3. The summed E-state index contributed by atoms with van der Waals surface area (Å²) in [6.07, 6.45) is 2.45. The number of hydrogen-bond donors (Lipinski definition) is 3. The third kappa shape index (κ3) is 6.99. The summed E-state index contributed by atoms with van der Waals surface area (Å²) in [5.41, 5.74) is 6.06. The summed E-state index contributed by atoms with van der Waals surface area (Å²) in [5, 5.41) is 6.47. The summed E-state index contributed by atoms with van der Waals surface area (Å²) in [4.78, 5) is 15.3. The minimum Gasteiger partial charge on any atom is -0.484 e. The van der Waals surface area contributed by atoms with Crippen molar-refractivity contribution in [3.8, 4) is 5.75 Å². The molecule has 0 unspecified atom stereocenters. The Balaban J connectivity index is 1.88. The number of carbonyl (C=O) groups excluding carboxylic acids is 1. The monoisotopic (exact) mass is 344 g/mol. The predicted molar refractivity (Wildman–Crippen MR) is 96.4 cm³/mol. The molecule has 0 saturated carbocycles. The van der Waals surface area contributed by atoms with E-state index in [0.717, 1.165) is 36.8 Å². The first-order valence-electron chi connectivity index (χ1n) is 8.22. The van der Waals surface area contributed by atoms with Gasteiger partial charge in [0.05, 0.1) is 12.8 Å². The van der Waals surface area contributed by atoms with Crippen LogP contribution >= 0.6 is 0 Å². The normalized spacial score (nSPS) is 11.2. The van der Waals surface area contributed by atoms with Gasteiger partial charge in [0.15, 0.2) is 12.6 Å². The summed E-state index contributed by atoms with van der Waals surface area (Å²) >= 11 is 0. The first-order chi connectivity index (χ1) is 12.2. The van der Waals surface area contributed by atoms with Crippen molar-refractivity contribution in [3.05, 3.63) is 54.0 Å². The van der Waals surface area contributed by atoms with E-state index in [2.05, 4.69) is 15.6 Å². The number of aliphatic imine (C=N–C) groups is 1. The van der Waals surface area contributed by atoms with Crippen molar-refractivity contribution in [1.29, 1.82) is 0 Å². The number of carbonyl (C=O) groups is 1. The van der Waals surface area contributed by atoms with Crippen LogP contribution in [0.1, 0.15) is 18.2 Å². The summed E-state index contributed by atoms with van der Waals surface area (Å²) in [7, 11) is 0. The number of nitrogens with zero attached hydrogens (tertiary/aromatic N) is 1. The van der Waals surface area contributed by atoms with E-state index in [1.807, 2.05) is 37.3 Å². The average Bonchev–Trinajstić information content (AvgIpc) is 3.12. The minimum absolute atomic E-state index is 0.135. The van der Waals surface area contributed by atoms with Crippen molar-refractivity contribution in [2.75, 3.05) is 19.7 Å². The molecule has 0 saturated heterocycles. The molecule has 0 aliphatic carbocycles. The number of benzene rings is 1. The third-order valence-electron chi connectivity index (χ3n) is 3.29. The lowest BCUT2D eigenvalue weighted by Gasteiger charge is -2.11. The molecule has 2 rings (SSSR count). The summed E-state index contributed by atoms with van der Waals surface area (Å²) < 4.78 is 10.6. The first kappa shape index (κ1) is 18.4. The van der Waals surface area contributed by atoms with Crippen LogP contribution in [-0.4, -0.2) is 31.6 Å². The van der Waals surface area contributed by atoms with Crippen molar-refractivity contribution in [3.63, 3.8) is 0 Å². The van der Waals surface area contributed by atoms with Gasteiger partial charge < -0.3 is 25.5 Å². The number of nitrogens with two attached hydrogens (primary N) is 1. The van der Waals surface area contributed by atoms with E-state index in [-0.39, 0.29) is 6.61 Å². The molecule has 1 aromatic heterocycles. The van der Waals surface area contributed by atoms with Gasteiger partial charge in [0.1, 0.15) is 11.5 Å². The van der Waals surface area contributed by atoms with Crippen LogP contribution in [0.3, 0.4) is 0 Å². The highest BCUT2D eigenvalue weighted by Gasteiger charge is 2.02. The molecule has 25 heavy (non-hydrogen) atoms. The van der Waals surface area contributed by atoms with Crippen LogP contribution in [-0.2, 0) is 17.8 Å². The molecular weight excluding hydrogens is 320 g/mol. The molecule has 0 radical (unpaired) electrons. The lowest BCUT2D eigenvalue weighted by Crippen LogP contribution is -2.38. The molecule has 0 aliphatic rings. The van der Waals surface area contributed by atoms with E-state index in [9.17, 15) is 4.79 Å². The molecule has 134 valence electrons. The van der Waals surface area contributed by atoms with Crippen molar-refractivity contribution in [2.45, 2.75) is 19.9 Å². The van der Waals surface area contributed by atoms with Gasteiger partial charge in [-0.1, -0.05) is 12.1 Å². The van der Waals surface area contributed by atoms with Crippen LogP contribution in [0.2, 0.25) is 0 Å². The fourth-order valence-corrected chi connectivity index (χ4v) is 2.16. The largest absolute Gasteiger partial charge is 0.484 e. The molecule has 7 nitrogen and oxygen atoms in total. The molecule has 1 heterocycles. The Kier molecular flexibility index (Phi) is 7.37. The van der Waals surface area contributed by atoms with Crippen LogP contribution in [0.5, 0.6) is 5.75 Å². The van der Waals surface area contributed by atoms with E-state index in [1.165, 1.54) is 0 Å². The number of amides is 1. The number of hydrogen-bond acceptors (Lipinski definition) is 4. The van der Waals surface area contributed by atoms with Gasteiger partial charge in [0.2, 0.25) is 0 Å². The maximum Gasteiger partial charge on any atom is 0.255 e. The second kappa shape index (κ2) is 10.0. The van der Waals surface area contributed by atoms with Gasteiger partial charge in [-0.25, -0.2) is 4.99 Å². The molecule has 2 aromatic rings. The van der Waals surface area contributed by atoms with Crippen molar-refractivity contribution < 1.29 is 13.9 Å². The third-order valence-corrected chi connectivity index (χ3v) is 3.29. The molecule has 1 amide bonds. The number of nitrogens with one attached hydrogen (secondary N) is 2. The van der Waals surface area contributed by atoms with Gasteiger partial charge in [-0.15, -0.1) is 0 Å². The van der Waals surface area contributed by atoms with Crippen molar-refractivity contribution >= 4 is 11.9 Å².